The van der Waals surface area contributed by atoms with E-state index in [0.29, 0.717) is 10.8 Å². The fraction of sp³-hybridized carbons (Fsp3) is 0.500. The van der Waals surface area contributed by atoms with Gasteiger partial charge in [0.05, 0.1) is 4.90 Å². The van der Waals surface area contributed by atoms with Gasteiger partial charge in [-0.2, -0.15) is 0 Å². The van der Waals surface area contributed by atoms with Crippen molar-refractivity contribution in [2.75, 3.05) is 0 Å². The number of sulfonamides is 1. The molecule has 1 aromatic rings. The van der Waals surface area contributed by atoms with Gasteiger partial charge >= 0.3 is 0 Å². The SMILES string of the molecule is Cc1ccc(S(=O)(=O)N[C@H]2[C@H](C)C=C[C@H]2C(C)C)cc1. The van der Waals surface area contributed by atoms with E-state index >= 15 is 0 Å². The van der Waals surface area contributed by atoms with E-state index in [1.807, 2.05) is 19.1 Å². The predicted octanol–water partition coefficient (Wildman–Crippen LogP) is 3.12. The molecule has 0 bridgehead atoms. The molecule has 110 valence electrons. The van der Waals surface area contributed by atoms with Gasteiger partial charge in [-0.3, -0.25) is 0 Å². The summed E-state index contributed by atoms with van der Waals surface area (Å²) >= 11 is 0. The van der Waals surface area contributed by atoms with Gasteiger partial charge in [-0.1, -0.05) is 50.6 Å². The molecule has 4 heteroatoms. The predicted molar refractivity (Wildman–Crippen MR) is 81.9 cm³/mol. The maximum Gasteiger partial charge on any atom is 0.240 e. The highest BCUT2D eigenvalue weighted by Crippen LogP contribution is 2.30. The summed E-state index contributed by atoms with van der Waals surface area (Å²) in [6, 6.07) is 6.92. The molecule has 3 atom stereocenters. The zero-order valence-electron chi connectivity index (χ0n) is 12.5. The number of hydrogen-bond donors (Lipinski definition) is 1. The highest BCUT2D eigenvalue weighted by atomic mass is 32.2. The van der Waals surface area contributed by atoms with Crippen molar-refractivity contribution in [3.63, 3.8) is 0 Å². The van der Waals surface area contributed by atoms with Crippen LogP contribution in [0.25, 0.3) is 0 Å². The lowest BCUT2D eigenvalue weighted by Gasteiger charge is -2.27. The molecule has 0 aromatic heterocycles. The van der Waals surface area contributed by atoms with E-state index in [1.54, 1.807) is 12.1 Å². The molecular formula is C16H23NO2S. The lowest BCUT2D eigenvalue weighted by atomic mass is 9.89. The van der Waals surface area contributed by atoms with Crippen LogP contribution in [-0.2, 0) is 10.0 Å². The van der Waals surface area contributed by atoms with E-state index < -0.39 is 10.0 Å². The van der Waals surface area contributed by atoms with Crippen molar-refractivity contribution >= 4 is 10.0 Å². The van der Waals surface area contributed by atoms with Gasteiger partial charge in [0.25, 0.3) is 0 Å². The first-order valence-corrected chi connectivity index (χ1v) is 8.57. The Kier molecular flexibility index (Phi) is 4.35. The molecule has 1 aliphatic carbocycles. The van der Waals surface area contributed by atoms with E-state index in [1.165, 1.54) is 0 Å². The van der Waals surface area contributed by atoms with Gasteiger partial charge in [0.2, 0.25) is 10.0 Å². The first kappa shape index (κ1) is 15.3. The summed E-state index contributed by atoms with van der Waals surface area (Å²) in [5.41, 5.74) is 1.06. The summed E-state index contributed by atoms with van der Waals surface area (Å²) in [6.45, 7) is 8.25. The smallest absolute Gasteiger partial charge is 0.207 e. The summed E-state index contributed by atoms with van der Waals surface area (Å²) in [5, 5.41) is 0. The quantitative estimate of drug-likeness (QED) is 0.867. The van der Waals surface area contributed by atoms with Gasteiger partial charge in [0.15, 0.2) is 0 Å². The van der Waals surface area contributed by atoms with Crippen molar-refractivity contribution in [2.24, 2.45) is 17.8 Å². The van der Waals surface area contributed by atoms with Gasteiger partial charge in [0.1, 0.15) is 0 Å². The topological polar surface area (TPSA) is 46.2 Å². The molecule has 0 saturated carbocycles. The molecule has 0 heterocycles. The summed E-state index contributed by atoms with van der Waals surface area (Å²) in [4.78, 5) is 0.338. The number of benzene rings is 1. The third-order valence-electron chi connectivity index (χ3n) is 4.01. The molecule has 0 saturated heterocycles. The van der Waals surface area contributed by atoms with Gasteiger partial charge < -0.3 is 0 Å². The van der Waals surface area contributed by atoms with Crippen LogP contribution in [0.2, 0.25) is 0 Å². The maximum atomic E-state index is 12.5. The molecule has 0 amide bonds. The van der Waals surface area contributed by atoms with E-state index in [9.17, 15) is 8.42 Å². The minimum atomic E-state index is -3.45. The number of aryl methyl sites for hydroxylation is 1. The molecule has 0 fully saturated rings. The fourth-order valence-corrected chi connectivity index (χ4v) is 4.04. The molecular weight excluding hydrogens is 270 g/mol. The van der Waals surface area contributed by atoms with E-state index in [2.05, 4.69) is 37.6 Å². The van der Waals surface area contributed by atoms with Crippen molar-refractivity contribution in [3.8, 4) is 0 Å². The van der Waals surface area contributed by atoms with Crippen LogP contribution in [0.5, 0.6) is 0 Å². The number of nitrogens with one attached hydrogen (secondary N) is 1. The van der Waals surface area contributed by atoms with Crippen molar-refractivity contribution in [2.45, 2.75) is 38.6 Å². The summed E-state index contributed by atoms with van der Waals surface area (Å²) < 4.78 is 27.8. The molecule has 1 N–H and O–H groups in total. The highest BCUT2D eigenvalue weighted by molar-refractivity contribution is 7.89. The zero-order chi connectivity index (χ0) is 14.9. The van der Waals surface area contributed by atoms with Gasteiger partial charge in [-0.25, -0.2) is 13.1 Å². The molecule has 2 rings (SSSR count). The number of rotatable bonds is 4. The monoisotopic (exact) mass is 293 g/mol. The fourth-order valence-electron chi connectivity index (χ4n) is 2.68. The van der Waals surface area contributed by atoms with E-state index in [0.717, 1.165) is 5.56 Å². The summed E-state index contributed by atoms with van der Waals surface area (Å²) in [6.07, 6.45) is 4.24. The van der Waals surface area contributed by atoms with Crippen molar-refractivity contribution in [3.05, 3.63) is 42.0 Å². The molecule has 1 aliphatic rings. The molecule has 3 nitrogen and oxygen atoms in total. The van der Waals surface area contributed by atoms with Gasteiger partial charge in [-0.15, -0.1) is 0 Å². The second-order valence-electron chi connectivity index (χ2n) is 6.03. The van der Waals surface area contributed by atoms with Crippen LogP contribution in [0.3, 0.4) is 0 Å². The molecule has 0 unspecified atom stereocenters. The minimum absolute atomic E-state index is 0.0543. The number of hydrogen-bond acceptors (Lipinski definition) is 2. The van der Waals surface area contributed by atoms with Crippen LogP contribution < -0.4 is 4.72 Å². The minimum Gasteiger partial charge on any atom is -0.207 e. The molecule has 1 aromatic carbocycles. The van der Waals surface area contributed by atoms with E-state index in [-0.39, 0.29) is 17.9 Å². The lowest BCUT2D eigenvalue weighted by molar-refractivity contribution is 0.343. The van der Waals surface area contributed by atoms with Crippen molar-refractivity contribution < 1.29 is 8.42 Å². The third-order valence-corrected chi connectivity index (χ3v) is 5.49. The highest BCUT2D eigenvalue weighted by Gasteiger charge is 2.34. The maximum absolute atomic E-state index is 12.5. The Balaban J connectivity index is 2.22. The Labute approximate surface area is 122 Å². The van der Waals surface area contributed by atoms with Crippen LogP contribution in [0.1, 0.15) is 26.3 Å². The van der Waals surface area contributed by atoms with Crippen molar-refractivity contribution in [1.29, 1.82) is 0 Å². The Morgan fingerprint density at radius 3 is 2.25 bits per heavy atom. The molecule has 20 heavy (non-hydrogen) atoms. The van der Waals surface area contributed by atoms with Crippen LogP contribution in [-0.4, -0.2) is 14.5 Å². The molecule has 0 spiro atoms. The van der Waals surface area contributed by atoms with Gasteiger partial charge in [-0.05, 0) is 36.8 Å². The van der Waals surface area contributed by atoms with Gasteiger partial charge in [0, 0.05) is 6.04 Å². The molecule has 0 radical (unpaired) electrons. The lowest BCUT2D eigenvalue weighted by Crippen LogP contribution is -2.42. The second kappa shape index (κ2) is 5.70. The summed E-state index contributed by atoms with van der Waals surface area (Å²) in [5.74, 6) is 0.898. The normalized spacial score (nSPS) is 26.4. The Hall–Kier alpha value is -1.13. The third kappa shape index (κ3) is 3.13. The summed E-state index contributed by atoms with van der Waals surface area (Å²) in [7, 11) is -3.45. The van der Waals surface area contributed by atoms with Crippen molar-refractivity contribution in [1.82, 2.24) is 4.72 Å². The first-order chi connectivity index (χ1) is 9.31. The van der Waals surface area contributed by atoms with Crippen LogP contribution >= 0.6 is 0 Å². The van der Waals surface area contributed by atoms with Crippen LogP contribution in [0.4, 0.5) is 0 Å². The standard InChI is InChI=1S/C16H23NO2S/c1-11(2)15-10-7-13(4)16(15)17-20(18,19)14-8-5-12(3)6-9-14/h5-11,13,15-17H,1-4H3/t13-,15+,16+/m1/s1. The average molecular weight is 293 g/mol. The molecule has 0 aliphatic heterocycles. The average Bonchev–Trinajstić information content (AvgIpc) is 2.71. The Morgan fingerprint density at radius 2 is 1.70 bits per heavy atom. The van der Waals surface area contributed by atoms with Crippen LogP contribution in [0.15, 0.2) is 41.3 Å². The largest absolute Gasteiger partial charge is 0.240 e. The zero-order valence-corrected chi connectivity index (χ0v) is 13.3. The van der Waals surface area contributed by atoms with E-state index in [4.69, 9.17) is 0 Å². The Morgan fingerprint density at radius 1 is 1.10 bits per heavy atom. The van der Waals surface area contributed by atoms with Crippen LogP contribution in [0, 0.1) is 24.7 Å². The first-order valence-electron chi connectivity index (χ1n) is 7.08. The second-order valence-corrected chi connectivity index (χ2v) is 7.74. The Bertz CT molecular complexity index is 587.